The molecule has 0 aliphatic heterocycles. The highest BCUT2D eigenvalue weighted by molar-refractivity contribution is 6.10. The predicted octanol–water partition coefficient (Wildman–Crippen LogP) is 4.47. The van der Waals surface area contributed by atoms with Gasteiger partial charge in [0.1, 0.15) is 22.8 Å². The quantitative estimate of drug-likeness (QED) is 0.594. The molecule has 25 heavy (non-hydrogen) atoms. The van der Waals surface area contributed by atoms with Crippen molar-refractivity contribution in [3.63, 3.8) is 0 Å². The van der Waals surface area contributed by atoms with Crippen molar-refractivity contribution in [3.05, 3.63) is 53.8 Å². The van der Waals surface area contributed by atoms with Crippen LogP contribution in [-0.4, -0.2) is 26.6 Å². The minimum Gasteiger partial charge on any atom is -0.497 e. The van der Waals surface area contributed by atoms with Crippen LogP contribution in [0.3, 0.4) is 0 Å². The Kier molecular flexibility index (Phi) is 4.93. The van der Waals surface area contributed by atoms with Gasteiger partial charge >= 0.3 is 0 Å². The number of fused-ring (bicyclic) bond motifs is 1. The lowest BCUT2D eigenvalue weighted by molar-refractivity contribution is 0.101. The van der Waals surface area contributed by atoms with Crippen molar-refractivity contribution in [2.24, 2.45) is 0 Å². The van der Waals surface area contributed by atoms with E-state index in [1.807, 2.05) is 19.1 Å². The van der Waals surface area contributed by atoms with E-state index in [0.717, 1.165) is 17.6 Å². The molecule has 0 aliphatic carbocycles. The maximum atomic E-state index is 12.8. The summed E-state index contributed by atoms with van der Waals surface area (Å²) in [5.41, 5.74) is 1.04. The molecule has 0 fully saturated rings. The third-order valence-electron chi connectivity index (χ3n) is 3.84. The van der Waals surface area contributed by atoms with Gasteiger partial charge in [0.25, 0.3) is 0 Å². The number of ether oxygens (including phenoxy) is 3. The highest BCUT2D eigenvalue weighted by Crippen LogP contribution is 2.30. The summed E-state index contributed by atoms with van der Waals surface area (Å²) in [7, 11) is 3.08. The lowest BCUT2D eigenvalue weighted by Gasteiger charge is -2.08. The van der Waals surface area contributed by atoms with Crippen LogP contribution >= 0.6 is 0 Å². The molecule has 5 nitrogen and oxygen atoms in total. The van der Waals surface area contributed by atoms with Gasteiger partial charge in [0.2, 0.25) is 5.78 Å². The molecule has 0 unspecified atom stereocenters. The molecular formula is C20H20O5. The lowest BCUT2D eigenvalue weighted by atomic mass is 10.1. The number of furan rings is 1. The highest BCUT2D eigenvalue weighted by Gasteiger charge is 2.19. The van der Waals surface area contributed by atoms with Gasteiger partial charge in [-0.2, -0.15) is 0 Å². The normalized spacial score (nSPS) is 10.7. The van der Waals surface area contributed by atoms with Crippen LogP contribution < -0.4 is 14.2 Å². The van der Waals surface area contributed by atoms with Crippen LogP contribution in [0.4, 0.5) is 0 Å². The Bertz CT molecular complexity index is 894. The smallest absolute Gasteiger partial charge is 0.231 e. The Morgan fingerprint density at radius 3 is 2.52 bits per heavy atom. The number of carbonyl (C=O) groups is 1. The molecule has 2 aromatic carbocycles. The van der Waals surface area contributed by atoms with E-state index in [2.05, 4.69) is 0 Å². The number of carbonyl (C=O) groups excluding carboxylic acids is 1. The SMILES string of the molecule is CCCOc1ccc2cc(C(=O)c3ccc(OC)cc3OC)oc2c1. The van der Waals surface area contributed by atoms with Crippen LogP contribution in [0.5, 0.6) is 17.2 Å². The Hall–Kier alpha value is -2.95. The Balaban J connectivity index is 1.94. The Morgan fingerprint density at radius 2 is 1.80 bits per heavy atom. The average molecular weight is 340 g/mol. The number of hydrogen-bond donors (Lipinski definition) is 0. The summed E-state index contributed by atoms with van der Waals surface area (Å²) in [6.07, 6.45) is 0.928. The number of hydrogen-bond acceptors (Lipinski definition) is 5. The summed E-state index contributed by atoms with van der Waals surface area (Å²) in [5, 5.41) is 0.847. The van der Waals surface area contributed by atoms with Gasteiger partial charge in [0.15, 0.2) is 5.76 Å². The van der Waals surface area contributed by atoms with Crippen molar-refractivity contribution in [3.8, 4) is 17.2 Å². The largest absolute Gasteiger partial charge is 0.497 e. The van der Waals surface area contributed by atoms with Crippen LogP contribution in [0, 0.1) is 0 Å². The van der Waals surface area contributed by atoms with E-state index in [1.165, 1.54) is 7.11 Å². The number of methoxy groups -OCH3 is 2. The van der Waals surface area contributed by atoms with Crippen LogP contribution in [-0.2, 0) is 0 Å². The van der Waals surface area contributed by atoms with Crippen LogP contribution in [0.25, 0.3) is 11.0 Å². The molecule has 0 spiro atoms. The zero-order valence-electron chi connectivity index (χ0n) is 14.5. The van der Waals surface area contributed by atoms with Crippen molar-refractivity contribution >= 4 is 16.8 Å². The molecule has 3 rings (SSSR count). The van der Waals surface area contributed by atoms with E-state index in [1.54, 1.807) is 37.4 Å². The molecule has 5 heteroatoms. The predicted molar refractivity (Wildman–Crippen MR) is 95.0 cm³/mol. The van der Waals surface area contributed by atoms with Crippen molar-refractivity contribution in [1.29, 1.82) is 0 Å². The topological polar surface area (TPSA) is 57.9 Å². The average Bonchev–Trinajstić information content (AvgIpc) is 3.08. The summed E-state index contributed by atoms with van der Waals surface area (Å²) in [6.45, 7) is 2.69. The molecule has 3 aromatic rings. The Labute approximate surface area is 146 Å². The molecule has 0 radical (unpaired) electrons. The van der Waals surface area contributed by atoms with E-state index >= 15 is 0 Å². The molecule has 0 aliphatic rings. The minimum absolute atomic E-state index is 0.244. The standard InChI is InChI=1S/C20H20O5/c1-4-9-24-15-6-5-13-10-19(25-17(13)12-15)20(21)16-8-7-14(22-2)11-18(16)23-3/h5-8,10-12H,4,9H2,1-3H3. The third kappa shape index (κ3) is 3.45. The first-order valence-electron chi connectivity index (χ1n) is 8.09. The summed E-state index contributed by atoms with van der Waals surface area (Å²) < 4.78 is 21.8. The van der Waals surface area contributed by atoms with Gasteiger partial charge in [-0.15, -0.1) is 0 Å². The molecule has 0 atom stereocenters. The first kappa shape index (κ1) is 16.9. The molecule has 0 N–H and O–H groups in total. The second-order valence-corrected chi connectivity index (χ2v) is 5.55. The molecule has 0 saturated carbocycles. The second kappa shape index (κ2) is 7.30. The van der Waals surface area contributed by atoms with Crippen LogP contribution in [0.1, 0.15) is 29.5 Å². The molecule has 0 saturated heterocycles. The lowest BCUT2D eigenvalue weighted by Crippen LogP contribution is -2.03. The summed E-state index contributed by atoms with van der Waals surface area (Å²) >= 11 is 0. The zero-order valence-corrected chi connectivity index (χ0v) is 14.5. The number of ketones is 1. The number of rotatable bonds is 7. The van der Waals surface area contributed by atoms with E-state index in [0.29, 0.717) is 29.3 Å². The highest BCUT2D eigenvalue weighted by atomic mass is 16.5. The van der Waals surface area contributed by atoms with Gasteiger partial charge in [0, 0.05) is 17.5 Å². The van der Waals surface area contributed by atoms with Gasteiger partial charge in [-0.05, 0) is 36.8 Å². The summed E-state index contributed by atoms with van der Waals surface area (Å²) in [4.78, 5) is 12.8. The van der Waals surface area contributed by atoms with Gasteiger partial charge in [0.05, 0.1) is 26.4 Å². The van der Waals surface area contributed by atoms with Gasteiger partial charge in [-0.1, -0.05) is 6.92 Å². The third-order valence-corrected chi connectivity index (χ3v) is 3.84. The van der Waals surface area contributed by atoms with Gasteiger partial charge in [-0.3, -0.25) is 4.79 Å². The Morgan fingerprint density at radius 1 is 1.00 bits per heavy atom. The van der Waals surface area contributed by atoms with Crippen molar-refractivity contribution < 1.29 is 23.4 Å². The molecular weight excluding hydrogens is 320 g/mol. The monoisotopic (exact) mass is 340 g/mol. The maximum absolute atomic E-state index is 12.8. The van der Waals surface area contributed by atoms with E-state index < -0.39 is 0 Å². The molecule has 0 amide bonds. The van der Waals surface area contributed by atoms with Crippen LogP contribution in [0.2, 0.25) is 0 Å². The fourth-order valence-corrected chi connectivity index (χ4v) is 2.55. The maximum Gasteiger partial charge on any atom is 0.231 e. The molecule has 1 heterocycles. The van der Waals surface area contributed by atoms with Crippen molar-refractivity contribution in [1.82, 2.24) is 0 Å². The molecule has 130 valence electrons. The number of benzene rings is 2. The minimum atomic E-state index is -0.244. The van der Waals surface area contributed by atoms with Crippen LogP contribution in [0.15, 0.2) is 46.9 Å². The fourth-order valence-electron chi connectivity index (χ4n) is 2.55. The van der Waals surface area contributed by atoms with E-state index in [4.69, 9.17) is 18.6 Å². The summed E-state index contributed by atoms with van der Waals surface area (Å²) in [6, 6.07) is 12.3. The van der Waals surface area contributed by atoms with Crippen molar-refractivity contribution in [2.75, 3.05) is 20.8 Å². The first-order chi connectivity index (χ1) is 12.2. The zero-order chi connectivity index (χ0) is 17.8. The van der Waals surface area contributed by atoms with Crippen molar-refractivity contribution in [2.45, 2.75) is 13.3 Å². The molecule has 1 aromatic heterocycles. The van der Waals surface area contributed by atoms with Gasteiger partial charge < -0.3 is 18.6 Å². The fraction of sp³-hybridized carbons (Fsp3) is 0.250. The first-order valence-corrected chi connectivity index (χ1v) is 8.09. The van der Waals surface area contributed by atoms with Gasteiger partial charge in [-0.25, -0.2) is 0 Å². The second-order valence-electron chi connectivity index (χ2n) is 5.55. The van der Waals surface area contributed by atoms with E-state index in [-0.39, 0.29) is 11.5 Å². The molecule has 0 bridgehead atoms. The summed E-state index contributed by atoms with van der Waals surface area (Å²) in [5.74, 6) is 1.80. The van der Waals surface area contributed by atoms with E-state index in [9.17, 15) is 4.79 Å².